The third kappa shape index (κ3) is 3.75. The molecule has 0 aliphatic rings. The molecule has 0 amide bonds. The summed E-state index contributed by atoms with van der Waals surface area (Å²) in [6, 6.07) is 9.19. The van der Waals surface area contributed by atoms with Crippen LogP contribution in [0.15, 0.2) is 30.3 Å². The summed E-state index contributed by atoms with van der Waals surface area (Å²) in [6.07, 6.45) is -1.50. The summed E-state index contributed by atoms with van der Waals surface area (Å²) in [6.45, 7) is 3.77. The molecule has 0 bridgehead atoms. The first-order valence-electron chi connectivity index (χ1n) is 5.03. The van der Waals surface area contributed by atoms with Gasteiger partial charge in [-0.1, -0.05) is 56.0 Å². The van der Waals surface area contributed by atoms with Gasteiger partial charge in [0.15, 0.2) is 0 Å². The van der Waals surface area contributed by atoms with Crippen molar-refractivity contribution < 1.29 is 10.2 Å². The Labute approximate surface area is 90.6 Å². The Hall–Kier alpha value is -1.30. The lowest BCUT2D eigenvalue weighted by Gasteiger charge is -2.07. The van der Waals surface area contributed by atoms with Gasteiger partial charge in [0.05, 0.1) is 0 Å². The van der Waals surface area contributed by atoms with Crippen LogP contribution in [0.1, 0.15) is 25.5 Å². The van der Waals surface area contributed by atoms with Crippen LogP contribution in [0.3, 0.4) is 0 Å². The zero-order chi connectivity index (χ0) is 11.3. The van der Waals surface area contributed by atoms with Gasteiger partial charge in [-0.3, -0.25) is 0 Å². The molecule has 2 N–H and O–H groups in total. The van der Waals surface area contributed by atoms with Gasteiger partial charge in [0, 0.05) is 0 Å². The molecule has 0 radical (unpaired) electrons. The molecule has 2 atom stereocenters. The SMILES string of the molecule is CC(C)C(O)C#CC(O)c1ccccc1. The quantitative estimate of drug-likeness (QED) is 0.720. The van der Waals surface area contributed by atoms with Gasteiger partial charge >= 0.3 is 0 Å². The van der Waals surface area contributed by atoms with Crippen LogP contribution < -0.4 is 0 Å². The largest absolute Gasteiger partial charge is 0.380 e. The normalized spacial score (nSPS) is 14.2. The van der Waals surface area contributed by atoms with Crippen LogP contribution >= 0.6 is 0 Å². The van der Waals surface area contributed by atoms with E-state index < -0.39 is 12.2 Å². The second kappa shape index (κ2) is 5.55. The zero-order valence-electron chi connectivity index (χ0n) is 9.01. The number of hydrogen-bond donors (Lipinski definition) is 2. The van der Waals surface area contributed by atoms with Gasteiger partial charge in [-0.15, -0.1) is 0 Å². The molecule has 1 aromatic carbocycles. The van der Waals surface area contributed by atoms with Crippen molar-refractivity contribution in [2.24, 2.45) is 5.92 Å². The number of benzene rings is 1. The van der Waals surface area contributed by atoms with Crippen molar-refractivity contribution in [3.8, 4) is 11.8 Å². The average molecular weight is 204 g/mol. The van der Waals surface area contributed by atoms with E-state index in [1.807, 2.05) is 32.0 Å². The third-order valence-electron chi connectivity index (χ3n) is 2.11. The average Bonchev–Trinajstić information content (AvgIpc) is 2.26. The highest BCUT2D eigenvalue weighted by Crippen LogP contribution is 2.10. The number of aliphatic hydroxyl groups excluding tert-OH is 2. The second-order valence-corrected chi connectivity index (χ2v) is 3.79. The van der Waals surface area contributed by atoms with Gasteiger partial charge < -0.3 is 10.2 Å². The van der Waals surface area contributed by atoms with E-state index in [0.717, 1.165) is 5.56 Å². The van der Waals surface area contributed by atoms with E-state index in [2.05, 4.69) is 11.8 Å². The molecule has 15 heavy (non-hydrogen) atoms. The van der Waals surface area contributed by atoms with E-state index in [0.29, 0.717) is 0 Å². The molecule has 2 nitrogen and oxygen atoms in total. The molecule has 0 aliphatic carbocycles. The van der Waals surface area contributed by atoms with Crippen molar-refractivity contribution in [3.63, 3.8) is 0 Å². The van der Waals surface area contributed by atoms with Crippen LogP contribution in [-0.2, 0) is 0 Å². The first kappa shape index (κ1) is 11.8. The fraction of sp³-hybridized carbons (Fsp3) is 0.385. The second-order valence-electron chi connectivity index (χ2n) is 3.79. The van der Waals surface area contributed by atoms with E-state index in [9.17, 15) is 10.2 Å². The molecule has 0 heterocycles. The minimum Gasteiger partial charge on any atom is -0.380 e. The summed E-state index contributed by atoms with van der Waals surface area (Å²) < 4.78 is 0. The Balaban J connectivity index is 2.67. The fourth-order valence-electron chi connectivity index (χ4n) is 1.05. The number of rotatable bonds is 2. The van der Waals surface area contributed by atoms with E-state index in [1.165, 1.54) is 0 Å². The van der Waals surface area contributed by atoms with Crippen molar-refractivity contribution in [2.75, 3.05) is 0 Å². The Morgan fingerprint density at radius 1 is 1.00 bits per heavy atom. The van der Waals surface area contributed by atoms with Crippen molar-refractivity contribution in [1.82, 2.24) is 0 Å². The predicted octanol–water partition coefficient (Wildman–Crippen LogP) is 1.74. The summed E-state index contributed by atoms with van der Waals surface area (Å²) in [7, 11) is 0. The Bertz CT molecular complexity index is 346. The molecule has 0 fully saturated rings. The molecule has 2 unspecified atom stereocenters. The highest BCUT2D eigenvalue weighted by Gasteiger charge is 2.06. The van der Waals surface area contributed by atoms with E-state index in [-0.39, 0.29) is 5.92 Å². The Morgan fingerprint density at radius 3 is 2.13 bits per heavy atom. The fourth-order valence-corrected chi connectivity index (χ4v) is 1.05. The van der Waals surface area contributed by atoms with Crippen molar-refractivity contribution in [3.05, 3.63) is 35.9 Å². The van der Waals surface area contributed by atoms with Crippen LogP contribution in [0.2, 0.25) is 0 Å². The molecule has 2 heteroatoms. The number of hydrogen-bond acceptors (Lipinski definition) is 2. The zero-order valence-corrected chi connectivity index (χ0v) is 9.01. The van der Waals surface area contributed by atoms with Crippen LogP contribution in [0.5, 0.6) is 0 Å². The molecular weight excluding hydrogens is 188 g/mol. The lowest BCUT2D eigenvalue weighted by Crippen LogP contribution is -2.11. The first-order chi connectivity index (χ1) is 7.11. The Morgan fingerprint density at radius 2 is 1.60 bits per heavy atom. The molecular formula is C13H16O2. The molecule has 0 saturated carbocycles. The van der Waals surface area contributed by atoms with Crippen molar-refractivity contribution >= 4 is 0 Å². The molecule has 0 aromatic heterocycles. The van der Waals surface area contributed by atoms with Gasteiger partial charge in [-0.05, 0) is 11.5 Å². The van der Waals surface area contributed by atoms with E-state index >= 15 is 0 Å². The summed E-state index contributed by atoms with van der Waals surface area (Å²) in [5, 5.41) is 19.1. The highest BCUT2D eigenvalue weighted by molar-refractivity contribution is 5.25. The molecule has 1 aromatic rings. The van der Waals surface area contributed by atoms with Crippen LogP contribution in [0.25, 0.3) is 0 Å². The highest BCUT2D eigenvalue weighted by atomic mass is 16.3. The molecule has 80 valence electrons. The smallest absolute Gasteiger partial charge is 0.140 e. The van der Waals surface area contributed by atoms with Gasteiger partial charge in [0.1, 0.15) is 12.2 Å². The summed E-state index contributed by atoms with van der Waals surface area (Å²) in [4.78, 5) is 0. The summed E-state index contributed by atoms with van der Waals surface area (Å²) in [5.74, 6) is 5.36. The van der Waals surface area contributed by atoms with Gasteiger partial charge in [-0.2, -0.15) is 0 Å². The minimum absolute atomic E-state index is 0.0838. The monoisotopic (exact) mass is 204 g/mol. The molecule has 0 saturated heterocycles. The standard InChI is InChI=1S/C13H16O2/c1-10(2)12(14)8-9-13(15)11-6-4-3-5-7-11/h3-7,10,12-15H,1-2H3. The third-order valence-corrected chi connectivity index (χ3v) is 2.11. The lowest BCUT2D eigenvalue weighted by molar-refractivity contribution is 0.179. The summed E-state index contributed by atoms with van der Waals surface area (Å²) in [5.41, 5.74) is 0.751. The lowest BCUT2D eigenvalue weighted by atomic mass is 10.1. The van der Waals surface area contributed by atoms with Gasteiger partial charge in [-0.25, -0.2) is 0 Å². The van der Waals surface area contributed by atoms with Gasteiger partial charge in [0.25, 0.3) is 0 Å². The maximum Gasteiger partial charge on any atom is 0.140 e. The maximum atomic E-state index is 9.67. The maximum absolute atomic E-state index is 9.67. The van der Waals surface area contributed by atoms with Crippen LogP contribution in [0.4, 0.5) is 0 Å². The molecule has 0 aliphatic heterocycles. The molecule has 0 spiro atoms. The van der Waals surface area contributed by atoms with Crippen molar-refractivity contribution in [1.29, 1.82) is 0 Å². The van der Waals surface area contributed by atoms with Crippen LogP contribution in [-0.4, -0.2) is 16.3 Å². The summed E-state index contributed by atoms with van der Waals surface area (Å²) >= 11 is 0. The topological polar surface area (TPSA) is 40.5 Å². The van der Waals surface area contributed by atoms with E-state index in [4.69, 9.17) is 0 Å². The number of aliphatic hydroxyl groups is 2. The van der Waals surface area contributed by atoms with Crippen molar-refractivity contribution in [2.45, 2.75) is 26.1 Å². The first-order valence-corrected chi connectivity index (χ1v) is 5.03. The Kier molecular flexibility index (Phi) is 4.36. The predicted molar refractivity (Wildman–Crippen MR) is 60.0 cm³/mol. The van der Waals surface area contributed by atoms with Crippen LogP contribution in [0, 0.1) is 17.8 Å². The van der Waals surface area contributed by atoms with Gasteiger partial charge in [0.2, 0.25) is 0 Å². The molecule has 1 rings (SSSR count). The van der Waals surface area contributed by atoms with E-state index in [1.54, 1.807) is 12.1 Å². The minimum atomic E-state index is -0.820.